The normalized spacial score (nSPS) is 11.5. The minimum atomic E-state index is -4.39. The van der Waals surface area contributed by atoms with Crippen molar-refractivity contribution in [2.24, 2.45) is 0 Å². The Morgan fingerprint density at radius 3 is 2.56 bits per heavy atom. The highest BCUT2D eigenvalue weighted by Crippen LogP contribution is 2.36. The summed E-state index contributed by atoms with van der Waals surface area (Å²) in [4.78, 5) is 0. The Morgan fingerprint density at radius 2 is 1.86 bits per heavy atom. The molecule has 0 radical (unpaired) electrons. The lowest BCUT2D eigenvalue weighted by molar-refractivity contribution is -0.141. The number of alkyl halides is 3. The second-order valence-corrected chi connectivity index (χ2v) is 8.75. The first-order valence-corrected chi connectivity index (χ1v) is 11.1. The third-order valence-electron chi connectivity index (χ3n) is 5.30. The fourth-order valence-electron chi connectivity index (χ4n) is 3.64. The van der Waals surface area contributed by atoms with E-state index < -0.39 is 18.5 Å². The highest BCUT2D eigenvalue weighted by Gasteiger charge is 2.30. The largest absolute Gasteiger partial charge is 0.453 e. The number of aryl methyl sites for hydroxylation is 1. The molecule has 12 heteroatoms. The highest BCUT2D eigenvalue weighted by atomic mass is 35.5. The van der Waals surface area contributed by atoms with E-state index in [0.29, 0.717) is 17.0 Å². The molecule has 186 valence electrons. The Labute approximate surface area is 212 Å². The van der Waals surface area contributed by atoms with Crippen LogP contribution in [0.15, 0.2) is 40.8 Å². The summed E-state index contributed by atoms with van der Waals surface area (Å²) in [6.45, 7) is 1.92. The van der Waals surface area contributed by atoms with E-state index in [0.717, 1.165) is 4.57 Å². The maximum Gasteiger partial charge on any atom is 0.406 e. The minimum Gasteiger partial charge on any atom is -0.453 e. The van der Waals surface area contributed by atoms with Crippen LogP contribution in [-0.2, 0) is 13.0 Å². The first-order valence-electron chi connectivity index (χ1n) is 10.4. The Morgan fingerprint density at radius 1 is 1.11 bits per heavy atom. The number of aromatic nitrogens is 3. The number of nitrogens with zero attached hydrogens (tertiary/aromatic N) is 4. The lowest BCUT2D eigenvalue weighted by Gasteiger charge is -2.12. The van der Waals surface area contributed by atoms with Crippen LogP contribution in [0.25, 0.3) is 11.5 Å². The summed E-state index contributed by atoms with van der Waals surface area (Å²) in [5, 5.41) is 17.1. The molecule has 0 fully saturated rings. The van der Waals surface area contributed by atoms with Crippen molar-refractivity contribution in [2.75, 3.05) is 0 Å². The summed E-state index contributed by atoms with van der Waals surface area (Å²) in [5.74, 6) is -0.904. The van der Waals surface area contributed by atoms with E-state index in [9.17, 15) is 13.2 Å². The van der Waals surface area contributed by atoms with Gasteiger partial charge in [-0.2, -0.15) is 18.4 Å². The van der Waals surface area contributed by atoms with E-state index >= 15 is 4.39 Å². The highest BCUT2D eigenvalue weighted by molar-refractivity contribution is 6.32. The number of hydrogen-bond donors (Lipinski definition) is 0. The van der Waals surface area contributed by atoms with Crippen LogP contribution in [0.3, 0.4) is 0 Å². The van der Waals surface area contributed by atoms with Crippen LogP contribution in [-0.4, -0.2) is 20.9 Å². The van der Waals surface area contributed by atoms with Gasteiger partial charge in [-0.15, -0.1) is 10.2 Å². The molecule has 0 saturated heterocycles. The lowest BCUT2D eigenvalue weighted by Crippen LogP contribution is -2.19. The van der Waals surface area contributed by atoms with E-state index in [4.69, 9.17) is 37.6 Å². The molecule has 4 aromatic rings. The molecule has 36 heavy (non-hydrogen) atoms. The minimum absolute atomic E-state index is 0.0142. The fourth-order valence-corrected chi connectivity index (χ4v) is 4.05. The molecule has 0 N–H and O–H groups in total. The van der Waals surface area contributed by atoms with E-state index in [-0.39, 0.29) is 50.9 Å². The molecule has 4 rings (SSSR count). The van der Waals surface area contributed by atoms with Gasteiger partial charge in [0.25, 0.3) is 0 Å². The fraction of sp³-hybridized carbons (Fsp3) is 0.208. The van der Waals surface area contributed by atoms with Crippen LogP contribution < -0.4 is 4.74 Å². The van der Waals surface area contributed by atoms with Crippen LogP contribution in [0.2, 0.25) is 10.0 Å². The first-order chi connectivity index (χ1) is 16.9. The van der Waals surface area contributed by atoms with E-state index in [1.165, 1.54) is 43.3 Å². The molecule has 2 aromatic heterocycles. The van der Waals surface area contributed by atoms with Gasteiger partial charge in [0, 0.05) is 22.0 Å². The Hall–Kier alpha value is -3.55. The molecule has 2 aromatic carbocycles. The second-order valence-electron chi connectivity index (χ2n) is 7.90. The van der Waals surface area contributed by atoms with Crippen molar-refractivity contribution in [3.63, 3.8) is 0 Å². The van der Waals surface area contributed by atoms with Crippen molar-refractivity contribution in [1.82, 2.24) is 14.8 Å². The third kappa shape index (κ3) is 5.48. The van der Waals surface area contributed by atoms with Gasteiger partial charge in [0.15, 0.2) is 11.6 Å². The van der Waals surface area contributed by atoms with Gasteiger partial charge in [0.1, 0.15) is 12.3 Å². The monoisotopic (exact) mass is 538 g/mol. The number of halogens is 6. The van der Waals surface area contributed by atoms with Gasteiger partial charge >= 0.3 is 6.18 Å². The van der Waals surface area contributed by atoms with Crippen molar-refractivity contribution in [3.8, 4) is 29.0 Å². The smallest absolute Gasteiger partial charge is 0.406 e. The van der Waals surface area contributed by atoms with Gasteiger partial charge in [-0.3, -0.25) is 0 Å². The van der Waals surface area contributed by atoms with Crippen LogP contribution in [0.5, 0.6) is 11.5 Å². The van der Waals surface area contributed by atoms with Crippen molar-refractivity contribution in [3.05, 3.63) is 80.7 Å². The number of benzene rings is 2. The standard InChI is InChI=1S/C24H16Cl2F4N4O2/c1-12-5-18(13(2)34(12)11-24(28,29)30)23-33-32-20(36-23)8-15-3-4-19(26)22(21(15)27)35-17-7-14(10-31)6-16(25)9-17/h3-7,9H,8,11H2,1-2H3. The SMILES string of the molecule is Cc1cc(-c2nnc(Cc3ccc(Cl)c(Oc4cc(Cl)cc(C#N)c4)c3F)o2)c(C)n1CC(F)(F)F. The summed E-state index contributed by atoms with van der Waals surface area (Å²) < 4.78 is 66.3. The molecule has 0 bridgehead atoms. The van der Waals surface area contributed by atoms with Gasteiger partial charge in [-0.25, -0.2) is 4.39 Å². The van der Waals surface area contributed by atoms with Crippen molar-refractivity contribution < 1.29 is 26.7 Å². The molecule has 0 atom stereocenters. The van der Waals surface area contributed by atoms with Crippen LogP contribution in [0.4, 0.5) is 17.6 Å². The summed E-state index contributed by atoms with van der Waals surface area (Å²) in [5.41, 5.74) is 1.38. The third-order valence-corrected chi connectivity index (χ3v) is 5.82. The summed E-state index contributed by atoms with van der Waals surface area (Å²) in [7, 11) is 0. The van der Waals surface area contributed by atoms with Crippen molar-refractivity contribution in [1.29, 1.82) is 5.26 Å². The molecule has 0 amide bonds. The zero-order valence-electron chi connectivity index (χ0n) is 18.8. The zero-order chi connectivity index (χ0) is 26.2. The first kappa shape index (κ1) is 25.5. The molecule has 2 heterocycles. The summed E-state index contributed by atoms with van der Waals surface area (Å²) in [6, 6.07) is 10.5. The van der Waals surface area contributed by atoms with E-state index in [2.05, 4.69) is 10.2 Å². The summed E-state index contributed by atoms with van der Waals surface area (Å²) in [6.07, 6.45) is -4.52. The number of ether oxygens (including phenoxy) is 1. The molecule has 0 aliphatic rings. The van der Waals surface area contributed by atoms with Crippen LogP contribution in [0, 0.1) is 31.0 Å². The zero-order valence-corrected chi connectivity index (χ0v) is 20.3. The molecule has 0 aliphatic carbocycles. The Balaban J connectivity index is 1.60. The molecule has 0 unspecified atom stereocenters. The van der Waals surface area contributed by atoms with Gasteiger partial charge < -0.3 is 13.7 Å². The molecule has 0 spiro atoms. The molecular formula is C24H16Cl2F4N4O2. The predicted molar refractivity (Wildman–Crippen MR) is 124 cm³/mol. The topological polar surface area (TPSA) is 76.9 Å². The van der Waals surface area contributed by atoms with Crippen LogP contribution in [0.1, 0.15) is 28.4 Å². The molecule has 0 aliphatic heterocycles. The van der Waals surface area contributed by atoms with E-state index in [1.54, 1.807) is 6.92 Å². The number of rotatable bonds is 6. The summed E-state index contributed by atoms with van der Waals surface area (Å²) >= 11 is 12.1. The average molecular weight is 539 g/mol. The maximum absolute atomic E-state index is 15.3. The average Bonchev–Trinajstić information content (AvgIpc) is 3.37. The van der Waals surface area contributed by atoms with Gasteiger partial charge in [0.05, 0.1) is 28.6 Å². The van der Waals surface area contributed by atoms with Gasteiger partial charge in [-0.1, -0.05) is 29.3 Å². The Bertz CT molecular complexity index is 1490. The van der Waals surface area contributed by atoms with Gasteiger partial charge in [-0.05, 0) is 44.2 Å². The van der Waals surface area contributed by atoms with Crippen molar-refractivity contribution >= 4 is 23.2 Å². The lowest BCUT2D eigenvalue weighted by atomic mass is 10.1. The van der Waals surface area contributed by atoms with Crippen molar-refractivity contribution in [2.45, 2.75) is 33.0 Å². The molecule has 6 nitrogen and oxygen atoms in total. The molecule has 0 saturated carbocycles. The number of nitriles is 1. The van der Waals surface area contributed by atoms with Gasteiger partial charge in [0.2, 0.25) is 11.8 Å². The van der Waals surface area contributed by atoms with E-state index in [1.807, 2.05) is 6.07 Å². The Kier molecular flexibility index (Phi) is 6.98. The maximum atomic E-state index is 15.3. The predicted octanol–water partition coefficient (Wildman–Crippen LogP) is 7.42. The molecular weight excluding hydrogens is 523 g/mol. The second kappa shape index (κ2) is 9.84. The number of hydrogen-bond acceptors (Lipinski definition) is 5. The van der Waals surface area contributed by atoms with Crippen LogP contribution >= 0.6 is 23.2 Å². The quantitative estimate of drug-likeness (QED) is 0.239.